The second kappa shape index (κ2) is 6.36. The molecule has 3 rings (SSSR count). The van der Waals surface area contributed by atoms with E-state index in [1.54, 1.807) is 37.4 Å². The maximum absolute atomic E-state index is 10.6. The highest BCUT2D eigenvalue weighted by Crippen LogP contribution is 2.33. The van der Waals surface area contributed by atoms with E-state index >= 15 is 0 Å². The number of rotatable bonds is 4. The van der Waals surface area contributed by atoms with E-state index in [1.807, 2.05) is 0 Å². The normalized spacial score (nSPS) is 11.2. The number of ether oxygens (including phenoxy) is 1. The quantitative estimate of drug-likeness (QED) is 0.701. The maximum Gasteiger partial charge on any atom is 0.238 e. The van der Waals surface area contributed by atoms with E-state index in [0.29, 0.717) is 22.6 Å². The van der Waals surface area contributed by atoms with Crippen molar-refractivity contribution in [3.63, 3.8) is 0 Å². The molecule has 2 heterocycles. The van der Waals surface area contributed by atoms with Crippen LogP contribution in [0.2, 0.25) is 0 Å². The molecule has 0 fully saturated rings. The van der Waals surface area contributed by atoms with Crippen LogP contribution in [0.1, 0.15) is 16.8 Å². The predicted molar refractivity (Wildman–Crippen MR) is 89.4 cm³/mol. The zero-order valence-electron chi connectivity index (χ0n) is 13.7. The van der Waals surface area contributed by atoms with Gasteiger partial charge in [0.1, 0.15) is 17.1 Å². The van der Waals surface area contributed by atoms with Gasteiger partial charge >= 0.3 is 0 Å². The minimum absolute atomic E-state index is 0.0265. The lowest BCUT2D eigenvalue weighted by molar-refractivity contribution is -0.135. The summed E-state index contributed by atoms with van der Waals surface area (Å²) in [6.07, 6.45) is 2.86. The van der Waals surface area contributed by atoms with E-state index in [-0.39, 0.29) is 11.3 Å². The van der Waals surface area contributed by atoms with Crippen molar-refractivity contribution in [3.05, 3.63) is 65.6 Å². The van der Waals surface area contributed by atoms with Crippen LogP contribution < -0.4 is 4.74 Å². The highest BCUT2D eigenvalue weighted by atomic mass is 16.5. The van der Waals surface area contributed by atoms with Crippen molar-refractivity contribution in [1.82, 2.24) is 14.8 Å². The summed E-state index contributed by atoms with van der Waals surface area (Å²) < 4.78 is 6.80. The van der Waals surface area contributed by atoms with Crippen LogP contribution >= 0.6 is 0 Å². The van der Waals surface area contributed by atoms with E-state index < -0.39 is 5.79 Å². The third-order valence-electron chi connectivity index (χ3n) is 3.81. The number of hydrogen-bond donors (Lipinski definition) is 2. The van der Waals surface area contributed by atoms with E-state index in [9.17, 15) is 10.2 Å². The molecule has 2 N–H and O–H groups in total. The van der Waals surface area contributed by atoms with Crippen molar-refractivity contribution in [2.45, 2.75) is 5.79 Å². The van der Waals surface area contributed by atoms with Gasteiger partial charge in [-0.3, -0.25) is 4.68 Å². The van der Waals surface area contributed by atoms with E-state index in [0.717, 1.165) is 0 Å². The van der Waals surface area contributed by atoms with E-state index in [4.69, 9.17) is 10.00 Å². The second-order valence-corrected chi connectivity index (χ2v) is 5.51. The molecule has 0 unspecified atom stereocenters. The summed E-state index contributed by atoms with van der Waals surface area (Å²) in [7, 11) is 3.18. The summed E-state index contributed by atoms with van der Waals surface area (Å²) >= 11 is 0. The standard InChI is InChI=1S/C18H16N4O3/c1-22-11-14(10-20-22)18(23,24)16-7-6-15(25-2)17(21-16)13-5-3-4-12(8-13)9-19/h3-8,10-11,23-24H,1-2H3. The smallest absolute Gasteiger partial charge is 0.238 e. The first-order chi connectivity index (χ1) is 12.0. The number of nitriles is 1. The van der Waals surface area contributed by atoms with Crippen molar-refractivity contribution in [2.75, 3.05) is 7.11 Å². The summed E-state index contributed by atoms with van der Waals surface area (Å²) in [6.45, 7) is 0. The molecule has 25 heavy (non-hydrogen) atoms. The third kappa shape index (κ3) is 3.08. The van der Waals surface area contributed by atoms with Gasteiger partial charge in [0, 0.05) is 18.8 Å². The fourth-order valence-corrected chi connectivity index (χ4v) is 2.50. The van der Waals surface area contributed by atoms with Crippen LogP contribution in [0.5, 0.6) is 5.75 Å². The molecule has 7 heteroatoms. The van der Waals surface area contributed by atoms with Gasteiger partial charge in [-0.05, 0) is 24.3 Å². The van der Waals surface area contributed by atoms with Gasteiger partial charge in [0.15, 0.2) is 0 Å². The monoisotopic (exact) mass is 336 g/mol. The summed E-state index contributed by atoms with van der Waals surface area (Å²) in [6, 6.07) is 12.0. The van der Waals surface area contributed by atoms with Gasteiger partial charge in [-0.1, -0.05) is 12.1 Å². The lowest BCUT2D eigenvalue weighted by atomic mass is 10.0. The van der Waals surface area contributed by atoms with Crippen molar-refractivity contribution >= 4 is 0 Å². The molecule has 0 bridgehead atoms. The lowest BCUT2D eigenvalue weighted by Gasteiger charge is -2.21. The highest BCUT2D eigenvalue weighted by Gasteiger charge is 2.32. The van der Waals surface area contributed by atoms with Crippen LogP contribution in [-0.2, 0) is 12.8 Å². The van der Waals surface area contributed by atoms with Crippen LogP contribution in [0.4, 0.5) is 0 Å². The maximum atomic E-state index is 10.6. The Hall–Kier alpha value is -3.21. The Morgan fingerprint density at radius 3 is 2.68 bits per heavy atom. The molecular weight excluding hydrogens is 320 g/mol. The van der Waals surface area contributed by atoms with Crippen molar-refractivity contribution in [1.29, 1.82) is 5.26 Å². The SMILES string of the molecule is COc1ccc(C(O)(O)c2cnn(C)c2)nc1-c1cccc(C#N)c1. The van der Waals surface area contributed by atoms with Gasteiger partial charge in [-0.15, -0.1) is 0 Å². The molecule has 0 aliphatic carbocycles. The Morgan fingerprint density at radius 1 is 1.24 bits per heavy atom. The molecule has 0 spiro atoms. The van der Waals surface area contributed by atoms with Crippen LogP contribution in [0.15, 0.2) is 48.8 Å². The number of nitrogens with zero attached hydrogens (tertiary/aromatic N) is 4. The molecule has 0 aliphatic heterocycles. The Labute approximate surface area is 144 Å². The Kier molecular flexibility index (Phi) is 4.23. The van der Waals surface area contributed by atoms with Crippen LogP contribution in [0.3, 0.4) is 0 Å². The molecule has 0 atom stereocenters. The molecule has 126 valence electrons. The molecule has 0 saturated heterocycles. The Morgan fingerprint density at radius 2 is 2.04 bits per heavy atom. The zero-order chi connectivity index (χ0) is 18.0. The van der Waals surface area contributed by atoms with Gasteiger partial charge in [0.05, 0.1) is 30.5 Å². The molecule has 7 nitrogen and oxygen atoms in total. The highest BCUT2D eigenvalue weighted by molar-refractivity contribution is 5.68. The molecule has 1 aromatic carbocycles. The fraction of sp³-hybridized carbons (Fsp3) is 0.167. The summed E-state index contributed by atoms with van der Waals surface area (Å²) in [4.78, 5) is 4.38. The molecular formula is C18H16N4O3. The largest absolute Gasteiger partial charge is 0.494 e. The molecule has 0 radical (unpaired) electrons. The molecule has 0 amide bonds. The van der Waals surface area contributed by atoms with Gasteiger partial charge in [-0.2, -0.15) is 10.4 Å². The topological polar surface area (TPSA) is 104 Å². The number of aryl methyl sites for hydroxylation is 1. The van der Waals surface area contributed by atoms with Crippen molar-refractivity contribution in [3.8, 4) is 23.1 Å². The molecule has 0 aliphatic rings. The minimum Gasteiger partial charge on any atom is -0.494 e. The average molecular weight is 336 g/mol. The lowest BCUT2D eigenvalue weighted by Crippen LogP contribution is -2.27. The van der Waals surface area contributed by atoms with Gasteiger partial charge in [-0.25, -0.2) is 4.98 Å². The summed E-state index contributed by atoms with van der Waals surface area (Å²) in [5.74, 6) is -1.84. The first-order valence-electron chi connectivity index (χ1n) is 7.45. The zero-order valence-corrected chi connectivity index (χ0v) is 13.7. The van der Waals surface area contributed by atoms with Crippen LogP contribution in [0.25, 0.3) is 11.3 Å². The van der Waals surface area contributed by atoms with Crippen molar-refractivity contribution < 1.29 is 14.9 Å². The number of benzene rings is 1. The number of aromatic nitrogens is 3. The van der Waals surface area contributed by atoms with Crippen molar-refractivity contribution in [2.24, 2.45) is 7.05 Å². The second-order valence-electron chi connectivity index (χ2n) is 5.51. The number of pyridine rings is 1. The third-order valence-corrected chi connectivity index (χ3v) is 3.81. The van der Waals surface area contributed by atoms with E-state index in [1.165, 1.54) is 30.3 Å². The predicted octanol–water partition coefficient (Wildman–Crippen LogP) is 1.55. The molecule has 2 aromatic heterocycles. The number of aliphatic hydroxyl groups is 2. The summed E-state index contributed by atoms with van der Waals surface area (Å²) in [5, 5.41) is 34.1. The Bertz CT molecular complexity index is 957. The average Bonchev–Trinajstić information content (AvgIpc) is 3.08. The van der Waals surface area contributed by atoms with Gasteiger partial charge < -0.3 is 14.9 Å². The van der Waals surface area contributed by atoms with E-state index in [2.05, 4.69) is 16.2 Å². The molecule has 0 saturated carbocycles. The summed E-state index contributed by atoms with van der Waals surface area (Å²) in [5.41, 5.74) is 1.74. The van der Waals surface area contributed by atoms with Crippen LogP contribution in [0, 0.1) is 11.3 Å². The number of hydrogen-bond acceptors (Lipinski definition) is 6. The Balaban J connectivity index is 2.13. The fourth-order valence-electron chi connectivity index (χ4n) is 2.50. The van der Waals surface area contributed by atoms with Crippen LogP contribution in [-0.4, -0.2) is 32.1 Å². The first-order valence-corrected chi connectivity index (χ1v) is 7.45. The molecule has 3 aromatic rings. The van der Waals surface area contributed by atoms with Gasteiger partial charge in [0.2, 0.25) is 5.79 Å². The first kappa shape index (κ1) is 16.6. The minimum atomic E-state index is -2.30. The number of methoxy groups -OCH3 is 1. The van der Waals surface area contributed by atoms with Gasteiger partial charge in [0.25, 0.3) is 0 Å².